The smallest absolute Gasteiger partial charge is 0.312 e. The second-order valence-electron chi connectivity index (χ2n) is 2.93. The molecule has 1 aromatic carbocycles. The van der Waals surface area contributed by atoms with Gasteiger partial charge in [-0.25, -0.2) is 14.2 Å². The van der Waals surface area contributed by atoms with E-state index in [1.165, 1.54) is 12.4 Å². The van der Waals surface area contributed by atoms with Gasteiger partial charge in [-0.1, -0.05) is 18.2 Å². The number of benzene rings is 1. The number of hydrogen-bond acceptors (Lipinski definition) is 2. The minimum absolute atomic E-state index is 0.455. The molecule has 5 heteroatoms. The second kappa shape index (κ2) is 3.83. The molecule has 0 aliphatic rings. The normalized spacial score (nSPS) is 9.87. The van der Waals surface area contributed by atoms with E-state index in [1.54, 1.807) is 24.3 Å². The molecule has 0 aliphatic heterocycles. The summed E-state index contributed by atoms with van der Waals surface area (Å²) in [5.41, 5.74) is 0.194. The Bertz CT molecular complexity index is 513. The third-order valence-corrected chi connectivity index (χ3v) is 1.89. The van der Waals surface area contributed by atoms with Gasteiger partial charge in [0.25, 0.3) is 0 Å². The van der Waals surface area contributed by atoms with Crippen molar-refractivity contribution < 1.29 is 4.79 Å². The van der Waals surface area contributed by atoms with Gasteiger partial charge in [-0.05, 0) is 12.1 Å². The Morgan fingerprint density at radius 3 is 2.60 bits per heavy atom. The summed E-state index contributed by atoms with van der Waals surface area (Å²) in [5, 5.41) is 2.59. The van der Waals surface area contributed by atoms with Crippen LogP contribution in [0.4, 0.5) is 10.5 Å². The number of hydrogen-bond donors (Lipinski definition) is 2. The van der Waals surface area contributed by atoms with Crippen molar-refractivity contribution in [2.75, 3.05) is 5.32 Å². The molecular weight excluding hydrogens is 194 g/mol. The molecule has 1 heterocycles. The number of carbonyl (C=O) groups excluding carboxylic acids is 1. The highest BCUT2D eigenvalue weighted by molar-refractivity contribution is 5.90. The van der Waals surface area contributed by atoms with E-state index in [1.807, 2.05) is 6.07 Å². The maximum Gasteiger partial charge on any atom is 0.334 e. The zero-order valence-electron chi connectivity index (χ0n) is 7.81. The van der Waals surface area contributed by atoms with E-state index in [0.29, 0.717) is 5.69 Å². The Labute approximate surface area is 85.4 Å². The first-order valence-corrected chi connectivity index (χ1v) is 4.40. The van der Waals surface area contributed by atoms with E-state index < -0.39 is 11.7 Å². The molecule has 0 bridgehead atoms. The summed E-state index contributed by atoms with van der Waals surface area (Å²) in [4.78, 5) is 25.0. The summed E-state index contributed by atoms with van der Waals surface area (Å²) in [6.07, 6.45) is 2.79. The van der Waals surface area contributed by atoms with Gasteiger partial charge in [0, 0.05) is 18.1 Å². The Morgan fingerprint density at radius 1 is 1.27 bits per heavy atom. The van der Waals surface area contributed by atoms with Crippen LogP contribution in [0.3, 0.4) is 0 Å². The van der Waals surface area contributed by atoms with Gasteiger partial charge in [-0.3, -0.25) is 0 Å². The first-order valence-electron chi connectivity index (χ1n) is 4.40. The molecule has 5 nitrogen and oxygen atoms in total. The molecule has 0 unspecified atom stereocenters. The molecule has 0 atom stereocenters. The monoisotopic (exact) mass is 203 g/mol. The van der Waals surface area contributed by atoms with Gasteiger partial charge in [0.15, 0.2) is 0 Å². The third kappa shape index (κ3) is 1.96. The highest BCUT2D eigenvalue weighted by Gasteiger charge is 2.06. The summed E-state index contributed by atoms with van der Waals surface area (Å²) in [6.45, 7) is 0. The zero-order chi connectivity index (χ0) is 10.7. The average molecular weight is 203 g/mol. The summed E-state index contributed by atoms with van der Waals surface area (Å²) >= 11 is 0. The van der Waals surface area contributed by atoms with E-state index in [-0.39, 0.29) is 0 Å². The van der Waals surface area contributed by atoms with Crippen molar-refractivity contribution in [3.8, 4) is 0 Å². The summed E-state index contributed by atoms with van der Waals surface area (Å²) in [7, 11) is 0. The first-order chi connectivity index (χ1) is 7.27. The number of nitrogens with zero attached hydrogens (tertiary/aromatic N) is 1. The predicted octanol–water partition coefficient (Wildman–Crippen LogP) is 1.26. The molecule has 0 saturated carbocycles. The van der Waals surface area contributed by atoms with Crippen LogP contribution in [0.2, 0.25) is 0 Å². The van der Waals surface area contributed by atoms with E-state index >= 15 is 0 Å². The fourth-order valence-electron chi connectivity index (χ4n) is 1.19. The number of amides is 1. The van der Waals surface area contributed by atoms with Gasteiger partial charge in [-0.15, -0.1) is 0 Å². The van der Waals surface area contributed by atoms with Crippen molar-refractivity contribution in [3.05, 3.63) is 53.2 Å². The lowest BCUT2D eigenvalue weighted by Gasteiger charge is -2.03. The average Bonchev–Trinajstić information content (AvgIpc) is 2.66. The van der Waals surface area contributed by atoms with E-state index in [2.05, 4.69) is 10.3 Å². The summed E-state index contributed by atoms with van der Waals surface area (Å²) < 4.78 is 0.965. The predicted molar refractivity (Wildman–Crippen MR) is 55.9 cm³/mol. The van der Waals surface area contributed by atoms with Gasteiger partial charge < -0.3 is 10.3 Å². The lowest BCUT2D eigenvalue weighted by atomic mass is 10.3. The number of rotatable bonds is 1. The highest BCUT2D eigenvalue weighted by Crippen LogP contribution is 2.04. The summed E-state index contributed by atoms with van der Waals surface area (Å²) in [5.74, 6) is 0. The topological polar surface area (TPSA) is 66.9 Å². The Kier molecular flexibility index (Phi) is 2.37. The SMILES string of the molecule is O=C(Nc1ccccc1)n1cc[nH]c1=O. The van der Waals surface area contributed by atoms with Crippen molar-refractivity contribution in [2.24, 2.45) is 0 Å². The molecule has 1 aromatic heterocycles. The van der Waals surface area contributed by atoms with E-state index in [9.17, 15) is 9.59 Å². The Hall–Kier alpha value is -2.30. The van der Waals surface area contributed by atoms with Crippen LogP contribution in [-0.2, 0) is 0 Å². The number of carbonyl (C=O) groups is 1. The lowest BCUT2D eigenvalue weighted by Crippen LogP contribution is -2.28. The van der Waals surface area contributed by atoms with Crippen molar-refractivity contribution in [1.29, 1.82) is 0 Å². The zero-order valence-corrected chi connectivity index (χ0v) is 7.81. The minimum Gasteiger partial charge on any atom is -0.312 e. The molecule has 2 N–H and O–H groups in total. The van der Waals surface area contributed by atoms with Gasteiger partial charge in [0.2, 0.25) is 0 Å². The molecule has 0 aliphatic carbocycles. The first kappa shape index (κ1) is 9.26. The molecule has 2 aromatic rings. The van der Waals surface area contributed by atoms with Crippen molar-refractivity contribution in [1.82, 2.24) is 9.55 Å². The van der Waals surface area contributed by atoms with Crippen LogP contribution >= 0.6 is 0 Å². The van der Waals surface area contributed by atoms with Crippen LogP contribution in [0, 0.1) is 0 Å². The molecular formula is C10H9N3O2. The largest absolute Gasteiger partial charge is 0.334 e. The van der Waals surface area contributed by atoms with Crippen molar-refractivity contribution in [3.63, 3.8) is 0 Å². The van der Waals surface area contributed by atoms with Crippen LogP contribution in [0.25, 0.3) is 0 Å². The van der Waals surface area contributed by atoms with Crippen molar-refractivity contribution >= 4 is 11.7 Å². The van der Waals surface area contributed by atoms with Crippen molar-refractivity contribution in [2.45, 2.75) is 0 Å². The number of H-pyrrole nitrogens is 1. The maximum atomic E-state index is 11.5. The number of aromatic amines is 1. The number of aromatic nitrogens is 2. The van der Waals surface area contributed by atoms with Gasteiger partial charge >= 0.3 is 11.7 Å². The second-order valence-corrected chi connectivity index (χ2v) is 2.93. The summed E-state index contributed by atoms with van der Waals surface area (Å²) in [6, 6.07) is 8.46. The van der Waals surface area contributed by atoms with Gasteiger partial charge in [0.05, 0.1) is 0 Å². The number of para-hydroxylation sites is 1. The van der Waals surface area contributed by atoms with Crippen LogP contribution in [-0.4, -0.2) is 15.6 Å². The standard InChI is InChI=1S/C10H9N3O2/c14-9-11-6-7-13(9)10(15)12-8-4-2-1-3-5-8/h1-7H,(H,11,14)(H,12,15). The van der Waals surface area contributed by atoms with E-state index in [4.69, 9.17) is 0 Å². The van der Waals surface area contributed by atoms with Crippen LogP contribution < -0.4 is 11.0 Å². The molecule has 2 rings (SSSR count). The molecule has 15 heavy (non-hydrogen) atoms. The lowest BCUT2D eigenvalue weighted by molar-refractivity contribution is 0.253. The van der Waals surface area contributed by atoms with Gasteiger partial charge in [0.1, 0.15) is 0 Å². The minimum atomic E-state index is -0.479. The van der Waals surface area contributed by atoms with Crippen LogP contribution in [0.5, 0.6) is 0 Å². The molecule has 0 saturated heterocycles. The fraction of sp³-hybridized carbons (Fsp3) is 0. The Balaban J connectivity index is 2.18. The number of imidazole rings is 1. The number of nitrogens with one attached hydrogen (secondary N) is 2. The maximum absolute atomic E-state index is 11.5. The van der Waals surface area contributed by atoms with E-state index in [0.717, 1.165) is 4.57 Å². The van der Waals surface area contributed by atoms with Gasteiger partial charge in [-0.2, -0.15) is 0 Å². The number of anilines is 1. The third-order valence-electron chi connectivity index (χ3n) is 1.89. The van der Waals surface area contributed by atoms with Crippen LogP contribution in [0.15, 0.2) is 47.5 Å². The molecule has 0 spiro atoms. The quantitative estimate of drug-likeness (QED) is 0.732. The Morgan fingerprint density at radius 2 is 2.00 bits per heavy atom. The fourth-order valence-corrected chi connectivity index (χ4v) is 1.19. The highest BCUT2D eigenvalue weighted by atomic mass is 16.2. The molecule has 76 valence electrons. The molecule has 1 amide bonds. The molecule has 0 fully saturated rings. The van der Waals surface area contributed by atoms with Crippen LogP contribution in [0.1, 0.15) is 0 Å². The molecule has 0 radical (unpaired) electrons.